The molecule has 3 aromatic rings. The largest absolute Gasteiger partial charge is 0.497 e. The number of amides is 1. The van der Waals surface area contributed by atoms with Crippen molar-refractivity contribution >= 4 is 5.91 Å². The SMILES string of the molecule is CCN(CC)C(=O)c1cc(-c2ccc(C)o2)nn1-c1ccc(OC)cc1. The highest BCUT2D eigenvalue weighted by atomic mass is 16.5. The third-order valence-electron chi connectivity index (χ3n) is 4.29. The van der Waals surface area contributed by atoms with E-state index in [4.69, 9.17) is 9.15 Å². The van der Waals surface area contributed by atoms with E-state index < -0.39 is 0 Å². The summed E-state index contributed by atoms with van der Waals surface area (Å²) in [5.41, 5.74) is 1.92. The molecule has 136 valence electrons. The fourth-order valence-electron chi connectivity index (χ4n) is 2.82. The maximum absolute atomic E-state index is 13.0. The number of hydrogen-bond donors (Lipinski definition) is 0. The van der Waals surface area contributed by atoms with Gasteiger partial charge in [0, 0.05) is 19.2 Å². The second-order valence-electron chi connectivity index (χ2n) is 5.91. The summed E-state index contributed by atoms with van der Waals surface area (Å²) in [6.45, 7) is 7.08. The number of carbonyl (C=O) groups is 1. The number of aryl methyl sites for hydroxylation is 1. The van der Waals surface area contributed by atoms with Crippen molar-refractivity contribution in [3.05, 3.63) is 53.9 Å². The number of aromatic nitrogens is 2. The van der Waals surface area contributed by atoms with E-state index in [1.807, 2.05) is 57.2 Å². The van der Waals surface area contributed by atoms with Gasteiger partial charge in [-0.1, -0.05) is 0 Å². The molecule has 6 heteroatoms. The van der Waals surface area contributed by atoms with Gasteiger partial charge >= 0.3 is 0 Å². The fraction of sp³-hybridized carbons (Fsp3) is 0.300. The van der Waals surface area contributed by atoms with Gasteiger partial charge in [-0.25, -0.2) is 4.68 Å². The predicted molar refractivity (Wildman–Crippen MR) is 99.8 cm³/mol. The van der Waals surface area contributed by atoms with Crippen molar-refractivity contribution in [1.29, 1.82) is 0 Å². The summed E-state index contributed by atoms with van der Waals surface area (Å²) in [4.78, 5) is 14.8. The van der Waals surface area contributed by atoms with Gasteiger partial charge in [0.15, 0.2) is 5.76 Å². The smallest absolute Gasteiger partial charge is 0.272 e. The van der Waals surface area contributed by atoms with Crippen molar-refractivity contribution in [3.8, 4) is 22.9 Å². The zero-order valence-electron chi connectivity index (χ0n) is 15.5. The Hall–Kier alpha value is -3.02. The summed E-state index contributed by atoms with van der Waals surface area (Å²) in [5.74, 6) is 2.13. The highest BCUT2D eigenvalue weighted by Crippen LogP contribution is 2.25. The molecule has 3 rings (SSSR count). The summed E-state index contributed by atoms with van der Waals surface area (Å²) in [6.07, 6.45) is 0. The van der Waals surface area contributed by atoms with E-state index in [0.717, 1.165) is 17.2 Å². The average molecular weight is 353 g/mol. The lowest BCUT2D eigenvalue weighted by molar-refractivity contribution is 0.0764. The Balaban J connectivity index is 2.10. The second kappa shape index (κ2) is 7.47. The van der Waals surface area contributed by atoms with E-state index in [1.165, 1.54) is 0 Å². The Bertz CT molecular complexity index is 889. The van der Waals surface area contributed by atoms with Gasteiger partial charge in [0.25, 0.3) is 5.91 Å². The predicted octanol–water partition coefficient (Wildman–Crippen LogP) is 3.93. The maximum atomic E-state index is 13.0. The van der Waals surface area contributed by atoms with Crippen LogP contribution in [-0.4, -0.2) is 40.8 Å². The Labute approximate surface area is 153 Å². The number of furan rings is 1. The monoisotopic (exact) mass is 353 g/mol. The maximum Gasteiger partial charge on any atom is 0.272 e. The van der Waals surface area contributed by atoms with Gasteiger partial charge in [-0.05, 0) is 57.2 Å². The minimum absolute atomic E-state index is 0.0622. The first-order chi connectivity index (χ1) is 12.6. The highest BCUT2D eigenvalue weighted by molar-refractivity contribution is 5.94. The van der Waals surface area contributed by atoms with Gasteiger partial charge in [0.05, 0.1) is 12.8 Å². The molecule has 0 fully saturated rings. The molecule has 6 nitrogen and oxygen atoms in total. The molecule has 0 bridgehead atoms. The zero-order valence-corrected chi connectivity index (χ0v) is 15.5. The van der Waals surface area contributed by atoms with Gasteiger partial charge in [0.2, 0.25) is 0 Å². The van der Waals surface area contributed by atoms with E-state index >= 15 is 0 Å². The molecule has 0 aliphatic carbocycles. The van der Waals surface area contributed by atoms with E-state index in [0.29, 0.717) is 30.2 Å². The number of rotatable bonds is 6. The lowest BCUT2D eigenvalue weighted by Crippen LogP contribution is -2.32. The lowest BCUT2D eigenvalue weighted by atomic mass is 10.2. The summed E-state index contributed by atoms with van der Waals surface area (Å²) < 4.78 is 12.6. The molecule has 1 aromatic carbocycles. The molecule has 1 amide bonds. The van der Waals surface area contributed by atoms with Crippen LogP contribution in [0.3, 0.4) is 0 Å². The minimum atomic E-state index is -0.0622. The van der Waals surface area contributed by atoms with E-state index in [-0.39, 0.29) is 5.91 Å². The van der Waals surface area contributed by atoms with Gasteiger partial charge in [0.1, 0.15) is 22.9 Å². The van der Waals surface area contributed by atoms with Gasteiger partial charge in [-0.15, -0.1) is 0 Å². The summed E-state index contributed by atoms with van der Waals surface area (Å²) >= 11 is 0. The van der Waals surface area contributed by atoms with Crippen LogP contribution in [0.2, 0.25) is 0 Å². The Morgan fingerprint density at radius 3 is 2.38 bits per heavy atom. The molecule has 26 heavy (non-hydrogen) atoms. The normalized spacial score (nSPS) is 10.8. The molecule has 0 N–H and O–H groups in total. The van der Waals surface area contributed by atoms with Crippen LogP contribution in [0.5, 0.6) is 5.75 Å². The molecule has 2 aromatic heterocycles. The summed E-state index contributed by atoms with van der Waals surface area (Å²) in [6, 6.07) is 13.0. The first kappa shape index (κ1) is 17.8. The number of methoxy groups -OCH3 is 1. The van der Waals surface area contributed by atoms with Gasteiger partial charge in [-0.3, -0.25) is 4.79 Å². The van der Waals surface area contributed by atoms with Gasteiger partial charge in [-0.2, -0.15) is 5.10 Å². The van der Waals surface area contributed by atoms with Crippen molar-refractivity contribution in [3.63, 3.8) is 0 Å². The lowest BCUT2D eigenvalue weighted by Gasteiger charge is -2.19. The first-order valence-corrected chi connectivity index (χ1v) is 8.68. The van der Waals surface area contributed by atoms with Gasteiger partial charge < -0.3 is 14.1 Å². The van der Waals surface area contributed by atoms with Crippen LogP contribution < -0.4 is 4.74 Å². The van der Waals surface area contributed by atoms with Crippen molar-refractivity contribution in [1.82, 2.24) is 14.7 Å². The molecule has 0 aliphatic heterocycles. The molecule has 0 saturated heterocycles. The van der Waals surface area contributed by atoms with Crippen LogP contribution in [0.25, 0.3) is 17.1 Å². The number of hydrogen-bond acceptors (Lipinski definition) is 4. The van der Waals surface area contributed by atoms with Crippen LogP contribution in [0.4, 0.5) is 0 Å². The third kappa shape index (κ3) is 3.35. The first-order valence-electron chi connectivity index (χ1n) is 8.68. The molecule has 2 heterocycles. The van der Waals surface area contributed by atoms with E-state index in [1.54, 1.807) is 22.8 Å². The topological polar surface area (TPSA) is 60.5 Å². The zero-order chi connectivity index (χ0) is 18.7. The quantitative estimate of drug-likeness (QED) is 0.674. The minimum Gasteiger partial charge on any atom is -0.497 e. The second-order valence-corrected chi connectivity index (χ2v) is 5.91. The van der Waals surface area contributed by atoms with Crippen molar-refractivity contribution in [2.75, 3.05) is 20.2 Å². The average Bonchev–Trinajstić information content (AvgIpc) is 3.29. The molecular weight excluding hydrogens is 330 g/mol. The van der Waals surface area contributed by atoms with Crippen LogP contribution in [0.1, 0.15) is 30.1 Å². The molecule has 0 saturated carbocycles. The standard InChI is InChI=1S/C20H23N3O3/c1-5-22(6-2)20(24)18-13-17(19-12-7-14(3)26-19)21-23(18)15-8-10-16(25-4)11-9-15/h7-13H,5-6H2,1-4H3. The molecule has 0 atom stereocenters. The van der Waals surface area contributed by atoms with Crippen molar-refractivity contribution < 1.29 is 13.9 Å². The number of benzene rings is 1. The van der Waals surface area contributed by atoms with Crippen LogP contribution in [0.15, 0.2) is 46.9 Å². The molecule has 0 aliphatic rings. The van der Waals surface area contributed by atoms with Crippen molar-refractivity contribution in [2.24, 2.45) is 0 Å². The van der Waals surface area contributed by atoms with Crippen LogP contribution in [-0.2, 0) is 0 Å². The third-order valence-corrected chi connectivity index (χ3v) is 4.29. The summed E-state index contributed by atoms with van der Waals surface area (Å²) in [5, 5.41) is 4.63. The Kier molecular flexibility index (Phi) is 5.11. The number of carbonyl (C=O) groups excluding carboxylic acids is 1. The van der Waals surface area contributed by atoms with Crippen LogP contribution in [0, 0.1) is 6.92 Å². The summed E-state index contributed by atoms with van der Waals surface area (Å²) in [7, 11) is 1.62. The number of ether oxygens (including phenoxy) is 1. The number of nitrogens with zero attached hydrogens (tertiary/aromatic N) is 3. The highest BCUT2D eigenvalue weighted by Gasteiger charge is 2.22. The molecular formula is C20H23N3O3. The molecule has 0 unspecified atom stereocenters. The van der Waals surface area contributed by atoms with E-state index in [9.17, 15) is 4.79 Å². The fourth-order valence-corrected chi connectivity index (χ4v) is 2.82. The van der Waals surface area contributed by atoms with Crippen molar-refractivity contribution in [2.45, 2.75) is 20.8 Å². The van der Waals surface area contributed by atoms with Crippen LogP contribution >= 0.6 is 0 Å². The Morgan fingerprint density at radius 2 is 1.85 bits per heavy atom. The molecule has 0 radical (unpaired) electrons. The molecule has 0 spiro atoms. The Morgan fingerprint density at radius 1 is 1.15 bits per heavy atom. The van der Waals surface area contributed by atoms with E-state index in [2.05, 4.69) is 5.10 Å².